The Labute approximate surface area is 157 Å². The van der Waals surface area contributed by atoms with E-state index in [1.54, 1.807) is 7.11 Å². The molecule has 2 aliphatic rings. The molecule has 1 aromatic rings. The van der Waals surface area contributed by atoms with Crippen LogP contribution >= 0.6 is 0 Å². The van der Waals surface area contributed by atoms with Gasteiger partial charge in [-0.3, -0.25) is 9.69 Å². The first-order valence-corrected chi connectivity index (χ1v) is 9.93. The fraction of sp³-hybridized carbons (Fsp3) is 0.667. The van der Waals surface area contributed by atoms with Crippen LogP contribution in [0.3, 0.4) is 0 Å². The van der Waals surface area contributed by atoms with E-state index in [2.05, 4.69) is 52.1 Å². The highest BCUT2D eigenvalue weighted by Gasteiger charge is 2.38. The second kappa shape index (κ2) is 9.49. The number of rotatable bonds is 5. The summed E-state index contributed by atoms with van der Waals surface area (Å²) in [6.07, 6.45) is 3.12. The van der Waals surface area contributed by atoms with Crippen LogP contribution in [-0.2, 0) is 16.1 Å². The van der Waals surface area contributed by atoms with Crippen LogP contribution in [0.1, 0.15) is 24.8 Å². The van der Waals surface area contributed by atoms with Crippen LogP contribution in [0, 0.1) is 5.92 Å². The molecule has 5 heteroatoms. The monoisotopic (exact) mass is 359 g/mol. The van der Waals surface area contributed by atoms with Crippen molar-refractivity contribution in [3.05, 3.63) is 35.9 Å². The number of likely N-dealkylation sites (N-methyl/N-ethyl adjacent to an activating group) is 1. The van der Waals surface area contributed by atoms with Gasteiger partial charge in [0.1, 0.15) is 0 Å². The van der Waals surface area contributed by atoms with Crippen molar-refractivity contribution >= 4 is 5.91 Å². The van der Waals surface area contributed by atoms with E-state index in [0.717, 1.165) is 58.5 Å². The largest absolute Gasteiger partial charge is 0.383 e. The van der Waals surface area contributed by atoms with E-state index in [9.17, 15) is 4.79 Å². The number of likely N-dealkylation sites (tertiary alicyclic amines) is 1. The van der Waals surface area contributed by atoms with Gasteiger partial charge in [0.2, 0.25) is 5.91 Å². The number of piperidine rings is 1. The molecule has 0 spiro atoms. The first-order chi connectivity index (χ1) is 12.7. The summed E-state index contributed by atoms with van der Waals surface area (Å²) >= 11 is 0. The fourth-order valence-electron chi connectivity index (χ4n) is 4.32. The van der Waals surface area contributed by atoms with Crippen LogP contribution in [0.5, 0.6) is 0 Å². The predicted octanol–water partition coefficient (Wildman–Crippen LogP) is 2.08. The standard InChI is InChI=1S/C21H33N3O2/c1-22-11-7-13-23(15-14-22)21(25)19-10-6-12-24(20(19)17-26-2)16-18-8-4-3-5-9-18/h3-5,8-9,19-20H,6-7,10-17H2,1-2H3/t19-,20-/m1/s1. The highest BCUT2D eigenvalue weighted by molar-refractivity contribution is 5.79. The zero-order valence-electron chi connectivity index (χ0n) is 16.3. The van der Waals surface area contributed by atoms with Gasteiger partial charge in [0, 0.05) is 39.3 Å². The van der Waals surface area contributed by atoms with Gasteiger partial charge in [-0.25, -0.2) is 0 Å². The molecule has 0 N–H and O–H groups in total. The van der Waals surface area contributed by atoms with Crippen LogP contribution in [0.2, 0.25) is 0 Å². The lowest BCUT2D eigenvalue weighted by molar-refractivity contribution is -0.141. The molecule has 26 heavy (non-hydrogen) atoms. The lowest BCUT2D eigenvalue weighted by Crippen LogP contribution is -2.53. The highest BCUT2D eigenvalue weighted by atomic mass is 16.5. The first kappa shape index (κ1) is 19.3. The molecule has 2 fully saturated rings. The maximum atomic E-state index is 13.3. The second-order valence-electron chi connectivity index (χ2n) is 7.71. The minimum Gasteiger partial charge on any atom is -0.383 e. The Morgan fingerprint density at radius 2 is 1.88 bits per heavy atom. The molecule has 2 atom stereocenters. The van der Waals surface area contributed by atoms with Gasteiger partial charge in [0.25, 0.3) is 0 Å². The lowest BCUT2D eigenvalue weighted by Gasteiger charge is -2.42. The summed E-state index contributed by atoms with van der Waals surface area (Å²) in [5, 5.41) is 0. The smallest absolute Gasteiger partial charge is 0.227 e. The third-order valence-corrected chi connectivity index (χ3v) is 5.81. The summed E-state index contributed by atoms with van der Waals surface area (Å²) in [7, 11) is 3.89. The molecular formula is C21H33N3O2. The molecular weight excluding hydrogens is 326 g/mol. The van der Waals surface area contributed by atoms with Gasteiger partial charge in [-0.05, 0) is 45.0 Å². The summed E-state index contributed by atoms with van der Waals surface area (Å²) in [6, 6.07) is 10.7. The molecule has 0 saturated carbocycles. The van der Waals surface area contributed by atoms with Gasteiger partial charge in [0.05, 0.1) is 12.5 Å². The Hall–Kier alpha value is -1.43. The minimum atomic E-state index is 0.0517. The van der Waals surface area contributed by atoms with Crippen molar-refractivity contribution in [1.29, 1.82) is 0 Å². The van der Waals surface area contributed by atoms with Crippen molar-refractivity contribution < 1.29 is 9.53 Å². The number of amides is 1. The number of hydrogen-bond acceptors (Lipinski definition) is 4. The Kier molecular flexibility index (Phi) is 7.06. The average Bonchev–Trinajstić information content (AvgIpc) is 2.88. The van der Waals surface area contributed by atoms with Crippen LogP contribution < -0.4 is 0 Å². The van der Waals surface area contributed by atoms with E-state index in [0.29, 0.717) is 12.5 Å². The molecule has 0 aliphatic carbocycles. The Morgan fingerprint density at radius 1 is 1.08 bits per heavy atom. The second-order valence-corrected chi connectivity index (χ2v) is 7.71. The van der Waals surface area contributed by atoms with Crippen molar-refractivity contribution in [2.24, 2.45) is 5.92 Å². The summed E-state index contributed by atoms with van der Waals surface area (Å²) in [4.78, 5) is 20.2. The number of methoxy groups -OCH3 is 1. The average molecular weight is 360 g/mol. The molecule has 1 aromatic carbocycles. The molecule has 1 amide bonds. The van der Waals surface area contributed by atoms with Gasteiger partial charge < -0.3 is 14.5 Å². The number of benzene rings is 1. The predicted molar refractivity (Wildman–Crippen MR) is 104 cm³/mol. The van der Waals surface area contributed by atoms with Crippen molar-refractivity contribution in [3.8, 4) is 0 Å². The lowest BCUT2D eigenvalue weighted by atomic mass is 9.87. The maximum Gasteiger partial charge on any atom is 0.227 e. The zero-order valence-corrected chi connectivity index (χ0v) is 16.3. The summed E-state index contributed by atoms with van der Waals surface area (Å²) in [5.41, 5.74) is 1.30. The zero-order chi connectivity index (χ0) is 18.4. The molecule has 0 unspecified atom stereocenters. The summed E-state index contributed by atoms with van der Waals surface area (Å²) in [6.45, 7) is 6.34. The van der Waals surface area contributed by atoms with Crippen LogP contribution in [-0.4, -0.2) is 80.1 Å². The van der Waals surface area contributed by atoms with Gasteiger partial charge in [-0.1, -0.05) is 30.3 Å². The van der Waals surface area contributed by atoms with Crippen LogP contribution in [0.4, 0.5) is 0 Å². The molecule has 0 bridgehead atoms. The molecule has 2 aliphatic heterocycles. The normalized spacial score (nSPS) is 25.8. The van der Waals surface area contributed by atoms with E-state index >= 15 is 0 Å². The fourth-order valence-corrected chi connectivity index (χ4v) is 4.32. The number of hydrogen-bond donors (Lipinski definition) is 0. The molecule has 0 aromatic heterocycles. The van der Waals surface area contributed by atoms with Crippen molar-refractivity contribution in [2.45, 2.75) is 31.8 Å². The molecule has 2 saturated heterocycles. The van der Waals surface area contributed by atoms with E-state index < -0.39 is 0 Å². The maximum absolute atomic E-state index is 13.3. The van der Waals surface area contributed by atoms with Crippen LogP contribution in [0.15, 0.2) is 30.3 Å². The Balaban J connectivity index is 1.71. The van der Waals surface area contributed by atoms with Gasteiger partial charge in [-0.15, -0.1) is 0 Å². The SMILES string of the molecule is COC[C@@H]1[C@H](C(=O)N2CCCN(C)CC2)CCCN1Cc1ccccc1. The molecule has 5 nitrogen and oxygen atoms in total. The van der Waals surface area contributed by atoms with E-state index in [1.807, 2.05) is 0 Å². The summed E-state index contributed by atoms with van der Waals surface area (Å²) in [5.74, 6) is 0.385. The summed E-state index contributed by atoms with van der Waals surface area (Å²) < 4.78 is 5.54. The Bertz CT molecular complexity index is 566. The quantitative estimate of drug-likeness (QED) is 0.806. The first-order valence-electron chi connectivity index (χ1n) is 9.93. The Morgan fingerprint density at radius 3 is 2.65 bits per heavy atom. The van der Waals surface area contributed by atoms with Crippen molar-refractivity contribution in [3.63, 3.8) is 0 Å². The number of carbonyl (C=O) groups is 1. The van der Waals surface area contributed by atoms with Gasteiger partial charge in [0.15, 0.2) is 0 Å². The molecule has 2 heterocycles. The van der Waals surface area contributed by atoms with E-state index in [4.69, 9.17) is 4.74 Å². The molecule has 144 valence electrons. The van der Waals surface area contributed by atoms with E-state index in [-0.39, 0.29) is 12.0 Å². The topological polar surface area (TPSA) is 36.0 Å². The van der Waals surface area contributed by atoms with E-state index in [1.165, 1.54) is 5.56 Å². The van der Waals surface area contributed by atoms with Crippen molar-refractivity contribution in [1.82, 2.24) is 14.7 Å². The number of nitrogens with zero attached hydrogens (tertiary/aromatic N) is 3. The molecule has 3 rings (SSSR count). The third-order valence-electron chi connectivity index (χ3n) is 5.81. The van der Waals surface area contributed by atoms with Gasteiger partial charge in [-0.2, -0.15) is 0 Å². The highest BCUT2D eigenvalue weighted by Crippen LogP contribution is 2.28. The van der Waals surface area contributed by atoms with Gasteiger partial charge >= 0.3 is 0 Å². The molecule has 0 radical (unpaired) electrons. The third kappa shape index (κ3) is 4.84. The van der Waals surface area contributed by atoms with Crippen molar-refractivity contribution in [2.75, 3.05) is 53.5 Å². The van der Waals surface area contributed by atoms with Crippen LogP contribution in [0.25, 0.3) is 0 Å². The minimum absolute atomic E-state index is 0.0517. The number of ether oxygens (including phenoxy) is 1. The number of carbonyl (C=O) groups excluding carboxylic acids is 1.